The van der Waals surface area contributed by atoms with Crippen molar-refractivity contribution >= 4 is 34.9 Å². The number of rotatable bonds is 5. The van der Waals surface area contributed by atoms with Crippen LogP contribution in [0.1, 0.15) is 16.1 Å². The second kappa shape index (κ2) is 7.09. The van der Waals surface area contributed by atoms with Gasteiger partial charge >= 0.3 is 5.97 Å². The molecule has 24 heavy (non-hydrogen) atoms. The predicted molar refractivity (Wildman–Crippen MR) is 85.0 cm³/mol. The Labute approximate surface area is 141 Å². The van der Waals surface area contributed by atoms with Gasteiger partial charge in [-0.25, -0.2) is 4.79 Å². The van der Waals surface area contributed by atoms with Crippen molar-refractivity contribution in [3.05, 3.63) is 50.8 Å². The summed E-state index contributed by atoms with van der Waals surface area (Å²) < 4.78 is 6.39. The third-order valence-electron chi connectivity index (χ3n) is 3.22. The number of halogens is 1. The second-order valence-electron chi connectivity index (χ2n) is 4.81. The average Bonchev–Trinajstić information content (AvgIpc) is 2.86. The zero-order valence-corrected chi connectivity index (χ0v) is 13.5. The summed E-state index contributed by atoms with van der Waals surface area (Å²) in [6.45, 7) is 1.12. The number of nitrogens with one attached hydrogen (secondary N) is 1. The fourth-order valence-corrected chi connectivity index (χ4v) is 1.98. The molecule has 126 valence electrons. The summed E-state index contributed by atoms with van der Waals surface area (Å²) >= 11 is 5.87. The first-order chi connectivity index (χ1) is 11.3. The number of nitrogens with zero attached hydrogens (tertiary/aromatic N) is 3. The number of non-ortho nitro benzene ring substituents is 1. The van der Waals surface area contributed by atoms with Gasteiger partial charge in [0.15, 0.2) is 6.61 Å². The molecule has 0 atom stereocenters. The third-order valence-corrected chi connectivity index (χ3v) is 3.55. The number of nitro groups is 1. The quantitative estimate of drug-likeness (QED) is 0.500. The molecule has 0 saturated heterocycles. The highest BCUT2D eigenvalue weighted by molar-refractivity contribution is 6.33. The minimum Gasteiger partial charge on any atom is -0.452 e. The van der Waals surface area contributed by atoms with Gasteiger partial charge in [-0.15, -0.1) is 0 Å². The van der Waals surface area contributed by atoms with E-state index < -0.39 is 23.4 Å². The van der Waals surface area contributed by atoms with Crippen molar-refractivity contribution in [3.63, 3.8) is 0 Å². The lowest BCUT2D eigenvalue weighted by atomic mass is 10.2. The maximum absolute atomic E-state index is 11.9. The van der Waals surface area contributed by atoms with E-state index in [0.717, 1.165) is 6.07 Å². The van der Waals surface area contributed by atoms with Crippen LogP contribution in [0, 0.1) is 17.0 Å². The van der Waals surface area contributed by atoms with Crippen LogP contribution in [-0.4, -0.2) is 33.2 Å². The Hall–Kier alpha value is -2.94. The highest BCUT2D eigenvalue weighted by Gasteiger charge is 2.17. The number of aromatic nitrogens is 2. The van der Waals surface area contributed by atoms with Gasteiger partial charge in [0.05, 0.1) is 21.8 Å². The minimum atomic E-state index is -0.694. The van der Waals surface area contributed by atoms with Crippen LogP contribution in [0.5, 0.6) is 0 Å². The Morgan fingerprint density at radius 1 is 1.46 bits per heavy atom. The number of nitro benzene ring substituents is 1. The van der Waals surface area contributed by atoms with Crippen LogP contribution in [0.15, 0.2) is 24.4 Å². The fourth-order valence-electron chi connectivity index (χ4n) is 1.82. The molecule has 0 unspecified atom stereocenters. The van der Waals surface area contributed by atoms with Gasteiger partial charge in [-0.1, -0.05) is 11.6 Å². The van der Waals surface area contributed by atoms with E-state index in [1.54, 1.807) is 14.0 Å². The molecular formula is C14H13ClN4O5. The number of aryl methyl sites for hydroxylation is 1. The molecule has 0 aliphatic carbocycles. The van der Waals surface area contributed by atoms with Crippen molar-refractivity contribution in [2.45, 2.75) is 6.92 Å². The molecular weight excluding hydrogens is 340 g/mol. The lowest BCUT2D eigenvalue weighted by Gasteiger charge is -2.08. The van der Waals surface area contributed by atoms with E-state index in [-0.39, 0.29) is 22.0 Å². The molecule has 9 nitrogen and oxygen atoms in total. The number of hydrogen-bond acceptors (Lipinski definition) is 6. The van der Waals surface area contributed by atoms with Crippen LogP contribution in [0.25, 0.3) is 0 Å². The lowest BCUT2D eigenvalue weighted by Crippen LogP contribution is -2.21. The smallest absolute Gasteiger partial charge is 0.342 e. The Morgan fingerprint density at radius 2 is 2.17 bits per heavy atom. The average molecular weight is 353 g/mol. The molecule has 1 aromatic carbocycles. The summed E-state index contributed by atoms with van der Waals surface area (Å²) in [5.74, 6) is -1.37. The summed E-state index contributed by atoms with van der Waals surface area (Å²) in [6, 6.07) is 3.62. The van der Waals surface area contributed by atoms with Gasteiger partial charge < -0.3 is 10.1 Å². The van der Waals surface area contributed by atoms with Crippen molar-refractivity contribution in [3.8, 4) is 0 Å². The van der Waals surface area contributed by atoms with Crippen molar-refractivity contribution in [2.75, 3.05) is 11.9 Å². The van der Waals surface area contributed by atoms with Crippen LogP contribution in [0.3, 0.4) is 0 Å². The highest BCUT2D eigenvalue weighted by atomic mass is 35.5. The molecule has 0 spiro atoms. The van der Waals surface area contributed by atoms with Crippen LogP contribution < -0.4 is 5.32 Å². The molecule has 10 heteroatoms. The van der Waals surface area contributed by atoms with E-state index in [1.807, 2.05) is 0 Å². The van der Waals surface area contributed by atoms with Crippen molar-refractivity contribution in [2.24, 2.45) is 7.05 Å². The van der Waals surface area contributed by atoms with E-state index in [2.05, 4.69) is 10.4 Å². The van der Waals surface area contributed by atoms with Crippen molar-refractivity contribution in [1.82, 2.24) is 9.78 Å². The Kier molecular flexibility index (Phi) is 5.14. The first-order valence-corrected chi connectivity index (χ1v) is 7.07. The van der Waals surface area contributed by atoms with Crippen LogP contribution in [0.4, 0.5) is 11.4 Å². The standard InChI is InChI=1S/C14H13ClN4O5/c1-8-10(6-16-18(8)2)14(21)24-7-13(20)17-12-5-9(19(22)23)3-4-11(12)15/h3-6H,7H2,1-2H3,(H,17,20). The topological polar surface area (TPSA) is 116 Å². The van der Waals surface area contributed by atoms with Gasteiger partial charge in [-0.3, -0.25) is 19.6 Å². The van der Waals surface area contributed by atoms with E-state index in [0.29, 0.717) is 5.69 Å². The Bertz CT molecular complexity index is 817. The van der Waals surface area contributed by atoms with Crippen LogP contribution in [0.2, 0.25) is 5.02 Å². The maximum Gasteiger partial charge on any atom is 0.342 e. The molecule has 1 amide bonds. The maximum atomic E-state index is 11.9. The van der Waals surface area contributed by atoms with Gasteiger partial charge in [0.25, 0.3) is 11.6 Å². The lowest BCUT2D eigenvalue weighted by molar-refractivity contribution is -0.384. The number of hydrogen-bond donors (Lipinski definition) is 1. The number of ether oxygens (including phenoxy) is 1. The molecule has 2 aromatic rings. The summed E-state index contributed by atoms with van der Waals surface area (Å²) in [7, 11) is 1.67. The van der Waals surface area contributed by atoms with Gasteiger partial charge in [0, 0.05) is 24.9 Å². The van der Waals surface area contributed by atoms with E-state index >= 15 is 0 Å². The van der Waals surface area contributed by atoms with E-state index in [1.165, 1.54) is 23.0 Å². The second-order valence-corrected chi connectivity index (χ2v) is 5.22. The monoisotopic (exact) mass is 352 g/mol. The molecule has 0 radical (unpaired) electrons. The Balaban J connectivity index is 1.99. The van der Waals surface area contributed by atoms with Gasteiger partial charge in [-0.2, -0.15) is 5.10 Å². The number of esters is 1. The van der Waals surface area contributed by atoms with Gasteiger partial charge in [-0.05, 0) is 13.0 Å². The molecule has 2 rings (SSSR count). The SMILES string of the molecule is Cc1c(C(=O)OCC(=O)Nc2cc([N+](=O)[O-])ccc2Cl)cnn1C. The predicted octanol–water partition coefficient (Wildman–Crippen LogP) is 2.09. The third kappa shape index (κ3) is 3.87. The molecule has 0 bridgehead atoms. The number of amides is 1. The summed E-state index contributed by atoms with van der Waals surface area (Å²) in [6.07, 6.45) is 1.34. The van der Waals surface area contributed by atoms with Crippen molar-refractivity contribution < 1.29 is 19.2 Å². The fraction of sp³-hybridized carbons (Fsp3) is 0.214. The van der Waals surface area contributed by atoms with Crippen molar-refractivity contribution in [1.29, 1.82) is 0 Å². The normalized spacial score (nSPS) is 10.3. The minimum absolute atomic E-state index is 0.0597. The number of anilines is 1. The van der Waals surface area contributed by atoms with E-state index in [4.69, 9.17) is 16.3 Å². The zero-order chi connectivity index (χ0) is 17.9. The summed E-state index contributed by atoms with van der Waals surface area (Å²) in [5.41, 5.74) is 0.683. The number of carbonyl (C=O) groups is 2. The van der Waals surface area contributed by atoms with Crippen LogP contribution in [-0.2, 0) is 16.6 Å². The largest absolute Gasteiger partial charge is 0.452 e. The first-order valence-electron chi connectivity index (χ1n) is 6.69. The molecule has 0 saturated carbocycles. The van der Waals surface area contributed by atoms with Crippen LogP contribution >= 0.6 is 11.6 Å². The Morgan fingerprint density at radius 3 is 2.75 bits per heavy atom. The van der Waals surface area contributed by atoms with Gasteiger partial charge in [0.2, 0.25) is 0 Å². The highest BCUT2D eigenvalue weighted by Crippen LogP contribution is 2.26. The molecule has 0 fully saturated rings. The number of benzene rings is 1. The molecule has 1 heterocycles. The number of carbonyl (C=O) groups excluding carboxylic acids is 2. The zero-order valence-electron chi connectivity index (χ0n) is 12.8. The first kappa shape index (κ1) is 17.4. The molecule has 1 N–H and O–H groups in total. The van der Waals surface area contributed by atoms with Gasteiger partial charge in [0.1, 0.15) is 5.56 Å². The summed E-state index contributed by atoms with van der Waals surface area (Å²) in [5, 5.41) is 17.1. The molecule has 1 aromatic heterocycles. The molecule has 0 aliphatic heterocycles. The van der Waals surface area contributed by atoms with E-state index in [9.17, 15) is 19.7 Å². The molecule has 0 aliphatic rings. The summed E-state index contributed by atoms with van der Waals surface area (Å²) in [4.78, 5) is 33.8.